The summed E-state index contributed by atoms with van der Waals surface area (Å²) in [5.41, 5.74) is 3.35. The molecule has 0 aliphatic rings. The summed E-state index contributed by atoms with van der Waals surface area (Å²) in [4.78, 5) is 26.7. The van der Waals surface area contributed by atoms with E-state index in [1.165, 1.54) is 0 Å². The highest BCUT2D eigenvalue weighted by Crippen LogP contribution is 2.14. The average molecular weight is 324 g/mol. The van der Waals surface area contributed by atoms with Crippen molar-refractivity contribution in [2.24, 2.45) is 0 Å². The Morgan fingerprint density at radius 3 is 2.21 bits per heavy atom. The third-order valence-electron chi connectivity index (χ3n) is 3.91. The van der Waals surface area contributed by atoms with Crippen molar-refractivity contribution in [3.63, 3.8) is 0 Å². The van der Waals surface area contributed by atoms with Gasteiger partial charge in [0.1, 0.15) is 6.54 Å². The predicted octanol–water partition coefficient (Wildman–Crippen LogP) is 3.79. The van der Waals surface area contributed by atoms with Crippen molar-refractivity contribution in [1.29, 1.82) is 0 Å². The number of nitrogens with zero attached hydrogens (tertiary/aromatic N) is 1. The number of anilines is 1. The number of amides is 2. The van der Waals surface area contributed by atoms with E-state index in [0.29, 0.717) is 12.1 Å². The number of aryl methyl sites for hydroxylation is 2. The smallest absolute Gasteiger partial charge is 0.254 e. The molecule has 0 radical (unpaired) electrons. The first-order valence-electron chi connectivity index (χ1n) is 8.23. The second-order valence-corrected chi connectivity index (χ2v) is 5.90. The minimum Gasteiger partial charge on any atom is -0.329 e. The maximum atomic E-state index is 12.8. The van der Waals surface area contributed by atoms with Crippen molar-refractivity contribution in [2.75, 3.05) is 18.4 Å². The summed E-state index contributed by atoms with van der Waals surface area (Å²) in [6.07, 6.45) is 0.801. The molecule has 1 N–H and O–H groups in total. The first-order chi connectivity index (χ1) is 11.5. The van der Waals surface area contributed by atoms with Crippen molar-refractivity contribution in [3.8, 4) is 0 Å². The van der Waals surface area contributed by atoms with Crippen molar-refractivity contribution in [3.05, 3.63) is 65.2 Å². The van der Waals surface area contributed by atoms with E-state index in [2.05, 4.69) is 5.32 Å². The van der Waals surface area contributed by atoms with E-state index >= 15 is 0 Å². The molecule has 0 aromatic heterocycles. The monoisotopic (exact) mass is 324 g/mol. The lowest BCUT2D eigenvalue weighted by Crippen LogP contribution is -2.38. The zero-order valence-corrected chi connectivity index (χ0v) is 14.5. The van der Waals surface area contributed by atoms with Crippen LogP contribution >= 0.6 is 0 Å². The molecule has 0 aliphatic carbocycles. The second-order valence-electron chi connectivity index (χ2n) is 5.90. The molecule has 126 valence electrons. The molecule has 0 saturated heterocycles. The van der Waals surface area contributed by atoms with Crippen molar-refractivity contribution < 1.29 is 9.59 Å². The van der Waals surface area contributed by atoms with Gasteiger partial charge in [-0.3, -0.25) is 9.59 Å². The maximum absolute atomic E-state index is 12.8. The molecular formula is C20H24N2O2. The van der Waals surface area contributed by atoms with Crippen molar-refractivity contribution in [2.45, 2.75) is 27.2 Å². The Morgan fingerprint density at radius 2 is 1.58 bits per heavy atom. The second kappa shape index (κ2) is 8.29. The third kappa shape index (κ3) is 4.44. The quantitative estimate of drug-likeness (QED) is 0.879. The highest BCUT2D eigenvalue weighted by molar-refractivity contribution is 6.00. The fourth-order valence-electron chi connectivity index (χ4n) is 2.58. The van der Waals surface area contributed by atoms with Crippen LogP contribution in [-0.2, 0) is 4.79 Å². The van der Waals surface area contributed by atoms with Crippen LogP contribution in [0.3, 0.4) is 0 Å². The molecule has 4 nitrogen and oxygen atoms in total. The van der Waals surface area contributed by atoms with E-state index in [1.807, 2.05) is 63.2 Å². The Bertz CT molecular complexity index is 725. The van der Waals surface area contributed by atoms with Gasteiger partial charge in [0.25, 0.3) is 5.91 Å². The summed E-state index contributed by atoms with van der Waals surface area (Å²) in [6.45, 7) is 6.45. The van der Waals surface area contributed by atoms with Gasteiger partial charge in [-0.1, -0.05) is 43.3 Å². The number of hydrogen-bond donors (Lipinski definition) is 1. The van der Waals surface area contributed by atoms with Gasteiger partial charge in [-0.15, -0.1) is 0 Å². The first kappa shape index (κ1) is 17.7. The first-order valence-corrected chi connectivity index (χ1v) is 8.23. The molecule has 2 aromatic carbocycles. The lowest BCUT2D eigenvalue weighted by molar-refractivity contribution is -0.116. The molecule has 4 heteroatoms. The zero-order valence-electron chi connectivity index (χ0n) is 14.5. The zero-order chi connectivity index (χ0) is 17.5. The van der Waals surface area contributed by atoms with E-state index in [1.54, 1.807) is 11.0 Å². The number of nitrogens with one attached hydrogen (secondary N) is 1. The van der Waals surface area contributed by atoms with Gasteiger partial charge in [0.2, 0.25) is 5.91 Å². The molecule has 0 bridgehead atoms. The van der Waals surface area contributed by atoms with Gasteiger partial charge < -0.3 is 10.2 Å². The molecule has 2 rings (SSSR count). The van der Waals surface area contributed by atoms with Crippen LogP contribution < -0.4 is 5.32 Å². The van der Waals surface area contributed by atoms with E-state index in [4.69, 9.17) is 0 Å². The maximum Gasteiger partial charge on any atom is 0.254 e. The normalized spacial score (nSPS) is 10.3. The Hall–Kier alpha value is -2.62. The lowest BCUT2D eigenvalue weighted by Gasteiger charge is -2.22. The van der Waals surface area contributed by atoms with Crippen LogP contribution in [0.5, 0.6) is 0 Å². The number of carbonyl (C=O) groups is 2. The Kier molecular flexibility index (Phi) is 6.13. The Labute approximate surface area is 143 Å². The van der Waals surface area contributed by atoms with Crippen LogP contribution in [0.1, 0.15) is 34.8 Å². The summed E-state index contributed by atoms with van der Waals surface area (Å²) in [7, 11) is 0. The van der Waals surface area contributed by atoms with E-state index < -0.39 is 0 Å². The fourth-order valence-corrected chi connectivity index (χ4v) is 2.58. The van der Waals surface area contributed by atoms with Gasteiger partial charge in [0, 0.05) is 17.8 Å². The summed E-state index contributed by atoms with van der Waals surface area (Å²) < 4.78 is 0. The standard InChI is InChI=1S/C20H24N2O2/c1-4-13-22(20(24)17-11-7-5-9-15(17)2)14-19(23)21-18-12-8-6-10-16(18)3/h5-12H,4,13-14H2,1-3H3,(H,21,23). The van der Waals surface area contributed by atoms with Crippen LogP contribution in [0, 0.1) is 13.8 Å². The number of para-hydroxylation sites is 1. The fraction of sp³-hybridized carbons (Fsp3) is 0.300. The number of hydrogen-bond acceptors (Lipinski definition) is 2. The van der Waals surface area contributed by atoms with Crippen LogP contribution in [0.25, 0.3) is 0 Å². The summed E-state index contributed by atoms with van der Waals surface area (Å²) >= 11 is 0. The van der Waals surface area contributed by atoms with Gasteiger partial charge in [0.15, 0.2) is 0 Å². The summed E-state index contributed by atoms with van der Waals surface area (Å²) in [5.74, 6) is -0.283. The molecule has 2 amide bonds. The van der Waals surface area contributed by atoms with Crippen molar-refractivity contribution >= 4 is 17.5 Å². The van der Waals surface area contributed by atoms with Crippen LogP contribution in [0.4, 0.5) is 5.69 Å². The lowest BCUT2D eigenvalue weighted by atomic mass is 10.1. The third-order valence-corrected chi connectivity index (χ3v) is 3.91. The van der Waals surface area contributed by atoms with Crippen molar-refractivity contribution in [1.82, 2.24) is 4.90 Å². The molecule has 0 fully saturated rings. The molecular weight excluding hydrogens is 300 g/mol. The number of carbonyl (C=O) groups excluding carboxylic acids is 2. The largest absolute Gasteiger partial charge is 0.329 e. The number of benzene rings is 2. The van der Waals surface area contributed by atoms with Gasteiger partial charge in [-0.2, -0.15) is 0 Å². The molecule has 0 aliphatic heterocycles. The summed E-state index contributed by atoms with van der Waals surface area (Å²) in [6, 6.07) is 15.1. The van der Waals surface area contributed by atoms with Crippen LogP contribution in [-0.4, -0.2) is 29.8 Å². The van der Waals surface area contributed by atoms with Gasteiger partial charge in [0.05, 0.1) is 0 Å². The molecule has 2 aromatic rings. The highest BCUT2D eigenvalue weighted by Gasteiger charge is 2.19. The van der Waals surface area contributed by atoms with Crippen LogP contribution in [0.15, 0.2) is 48.5 Å². The van der Waals surface area contributed by atoms with Crippen LogP contribution in [0.2, 0.25) is 0 Å². The SMILES string of the molecule is CCCN(CC(=O)Nc1ccccc1C)C(=O)c1ccccc1C. The van der Waals surface area contributed by atoms with Gasteiger partial charge >= 0.3 is 0 Å². The van der Waals surface area contributed by atoms with E-state index in [9.17, 15) is 9.59 Å². The van der Waals surface area contributed by atoms with E-state index in [-0.39, 0.29) is 18.4 Å². The predicted molar refractivity (Wildman–Crippen MR) is 97.2 cm³/mol. The Balaban J connectivity index is 2.10. The number of rotatable bonds is 6. The molecule has 0 saturated carbocycles. The van der Waals surface area contributed by atoms with Gasteiger partial charge in [-0.25, -0.2) is 0 Å². The van der Waals surface area contributed by atoms with Gasteiger partial charge in [-0.05, 0) is 43.5 Å². The molecule has 0 spiro atoms. The average Bonchev–Trinajstić information content (AvgIpc) is 2.56. The topological polar surface area (TPSA) is 49.4 Å². The minimum atomic E-state index is -0.181. The molecule has 24 heavy (non-hydrogen) atoms. The summed E-state index contributed by atoms with van der Waals surface area (Å²) in [5, 5.41) is 2.89. The van der Waals surface area contributed by atoms with E-state index in [0.717, 1.165) is 23.2 Å². The molecule has 0 atom stereocenters. The Morgan fingerprint density at radius 1 is 0.958 bits per heavy atom. The molecule has 0 heterocycles. The minimum absolute atomic E-state index is 0.0509. The highest BCUT2D eigenvalue weighted by atomic mass is 16.2. The molecule has 0 unspecified atom stereocenters.